The van der Waals surface area contributed by atoms with E-state index in [-0.39, 0.29) is 12.3 Å². The summed E-state index contributed by atoms with van der Waals surface area (Å²) in [4.78, 5) is 0. The lowest BCUT2D eigenvalue weighted by atomic mass is 10.1. The fraction of sp³-hybridized carbons (Fsp3) is 0.200. The first-order valence-electron chi connectivity index (χ1n) is 5.98. The van der Waals surface area contributed by atoms with E-state index in [1.165, 1.54) is 0 Å². The summed E-state index contributed by atoms with van der Waals surface area (Å²) in [6.45, 7) is 2.12. The molecule has 0 amide bonds. The Balaban J connectivity index is 2.26. The summed E-state index contributed by atoms with van der Waals surface area (Å²) in [5.41, 5.74) is 7.54. The molecule has 4 heteroatoms. The van der Waals surface area contributed by atoms with Gasteiger partial charge in [-0.25, -0.2) is 8.78 Å². The minimum atomic E-state index is -0.604. The summed E-state index contributed by atoms with van der Waals surface area (Å²) in [5, 5.41) is 0. The van der Waals surface area contributed by atoms with Crippen LogP contribution in [-0.4, -0.2) is 6.54 Å². The SMILES string of the molecule is Cc1cccc(C(CN)Oc2cc(F)ccc2F)c1. The smallest absolute Gasteiger partial charge is 0.165 e. The molecule has 19 heavy (non-hydrogen) atoms. The first-order chi connectivity index (χ1) is 9.10. The van der Waals surface area contributed by atoms with Gasteiger partial charge in [0.1, 0.15) is 11.9 Å². The zero-order valence-electron chi connectivity index (χ0n) is 10.6. The molecule has 0 aromatic heterocycles. The maximum atomic E-state index is 13.5. The van der Waals surface area contributed by atoms with E-state index in [2.05, 4.69) is 0 Å². The standard InChI is InChI=1S/C15H15F2NO/c1-10-3-2-4-11(7-10)15(9-18)19-14-8-12(16)5-6-13(14)17/h2-8,15H,9,18H2,1H3. The van der Waals surface area contributed by atoms with Crippen molar-refractivity contribution in [2.45, 2.75) is 13.0 Å². The van der Waals surface area contributed by atoms with E-state index < -0.39 is 17.7 Å². The van der Waals surface area contributed by atoms with Crippen LogP contribution in [0.25, 0.3) is 0 Å². The van der Waals surface area contributed by atoms with Crippen LogP contribution in [0.15, 0.2) is 42.5 Å². The number of nitrogens with two attached hydrogens (primary N) is 1. The van der Waals surface area contributed by atoms with Gasteiger partial charge in [-0.3, -0.25) is 0 Å². The van der Waals surface area contributed by atoms with Gasteiger partial charge in [0, 0.05) is 12.6 Å². The van der Waals surface area contributed by atoms with Crippen LogP contribution in [0.2, 0.25) is 0 Å². The van der Waals surface area contributed by atoms with Gasteiger partial charge in [-0.05, 0) is 24.6 Å². The Morgan fingerprint density at radius 1 is 1.16 bits per heavy atom. The van der Waals surface area contributed by atoms with Crippen molar-refractivity contribution < 1.29 is 13.5 Å². The second kappa shape index (κ2) is 5.80. The predicted molar refractivity (Wildman–Crippen MR) is 70.0 cm³/mol. The van der Waals surface area contributed by atoms with E-state index in [1.54, 1.807) is 0 Å². The molecular weight excluding hydrogens is 248 g/mol. The van der Waals surface area contributed by atoms with Crippen molar-refractivity contribution in [1.29, 1.82) is 0 Å². The normalized spacial score (nSPS) is 12.2. The number of aryl methyl sites for hydroxylation is 1. The number of benzene rings is 2. The molecule has 0 radical (unpaired) electrons. The topological polar surface area (TPSA) is 35.2 Å². The maximum absolute atomic E-state index is 13.5. The molecule has 1 unspecified atom stereocenters. The van der Waals surface area contributed by atoms with Gasteiger partial charge in [-0.2, -0.15) is 0 Å². The molecule has 2 rings (SSSR count). The minimum Gasteiger partial charge on any atom is -0.481 e. The van der Waals surface area contributed by atoms with E-state index >= 15 is 0 Å². The number of hydrogen-bond donors (Lipinski definition) is 1. The van der Waals surface area contributed by atoms with Crippen LogP contribution < -0.4 is 10.5 Å². The van der Waals surface area contributed by atoms with Crippen molar-refractivity contribution >= 4 is 0 Å². The van der Waals surface area contributed by atoms with Crippen LogP contribution in [0.3, 0.4) is 0 Å². The Bertz CT molecular complexity index is 572. The first-order valence-corrected chi connectivity index (χ1v) is 5.98. The molecule has 1 atom stereocenters. The third kappa shape index (κ3) is 3.29. The van der Waals surface area contributed by atoms with Crippen molar-refractivity contribution in [3.05, 3.63) is 65.2 Å². The second-order valence-electron chi connectivity index (χ2n) is 4.33. The monoisotopic (exact) mass is 263 g/mol. The van der Waals surface area contributed by atoms with Gasteiger partial charge < -0.3 is 10.5 Å². The number of ether oxygens (including phenoxy) is 1. The van der Waals surface area contributed by atoms with E-state index in [9.17, 15) is 8.78 Å². The van der Waals surface area contributed by atoms with Crippen molar-refractivity contribution in [1.82, 2.24) is 0 Å². The quantitative estimate of drug-likeness (QED) is 0.918. The van der Waals surface area contributed by atoms with Gasteiger partial charge in [-0.15, -0.1) is 0 Å². The van der Waals surface area contributed by atoms with Gasteiger partial charge in [0.2, 0.25) is 0 Å². The molecule has 100 valence electrons. The number of hydrogen-bond acceptors (Lipinski definition) is 2. The molecule has 0 fully saturated rings. The highest BCUT2D eigenvalue weighted by Gasteiger charge is 2.14. The molecule has 0 heterocycles. The highest BCUT2D eigenvalue weighted by Crippen LogP contribution is 2.25. The van der Waals surface area contributed by atoms with Crippen LogP contribution >= 0.6 is 0 Å². The highest BCUT2D eigenvalue weighted by molar-refractivity contribution is 5.29. The van der Waals surface area contributed by atoms with Gasteiger partial charge in [0.05, 0.1) is 0 Å². The fourth-order valence-corrected chi connectivity index (χ4v) is 1.84. The Kier molecular flexibility index (Phi) is 4.12. The molecule has 0 aliphatic heterocycles. The Morgan fingerprint density at radius 2 is 1.95 bits per heavy atom. The average molecular weight is 263 g/mol. The molecule has 2 aromatic rings. The third-order valence-corrected chi connectivity index (χ3v) is 2.79. The second-order valence-corrected chi connectivity index (χ2v) is 4.33. The van der Waals surface area contributed by atoms with Gasteiger partial charge >= 0.3 is 0 Å². The zero-order valence-corrected chi connectivity index (χ0v) is 10.6. The fourth-order valence-electron chi connectivity index (χ4n) is 1.84. The molecule has 0 aliphatic carbocycles. The molecule has 0 saturated heterocycles. The number of halogens is 2. The van der Waals surface area contributed by atoms with Crippen molar-refractivity contribution in [3.8, 4) is 5.75 Å². The summed E-state index contributed by atoms with van der Waals surface area (Å²) in [6, 6.07) is 10.7. The Labute approximate surface area is 110 Å². The maximum Gasteiger partial charge on any atom is 0.165 e. The molecule has 0 spiro atoms. The zero-order chi connectivity index (χ0) is 13.8. The Morgan fingerprint density at radius 3 is 2.63 bits per heavy atom. The van der Waals surface area contributed by atoms with E-state index in [0.29, 0.717) is 0 Å². The minimum absolute atomic E-state index is 0.128. The van der Waals surface area contributed by atoms with Gasteiger partial charge in [-0.1, -0.05) is 29.8 Å². The van der Waals surface area contributed by atoms with Crippen molar-refractivity contribution in [2.75, 3.05) is 6.54 Å². The molecule has 0 aliphatic rings. The predicted octanol–water partition coefficient (Wildman–Crippen LogP) is 3.35. The first kappa shape index (κ1) is 13.5. The molecule has 2 N–H and O–H groups in total. The third-order valence-electron chi connectivity index (χ3n) is 2.79. The molecule has 0 bridgehead atoms. The van der Waals surface area contributed by atoms with Gasteiger partial charge in [0.25, 0.3) is 0 Å². The van der Waals surface area contributed by atoms with Crippen molar-refractivity contribution in [3.63, 3.8) is 0 Å². The van der Waals surface area contributed by atoms with Crippen molar-refractivity contribution in [2.24, 2.45) is 5.73 Å². The lowest BCUT2D eigenvalue weighted by Crippen LogP contribution is -2.19. The summed E-state index contributed by atoms with van der Waals surface area (Å²) >= 11 is 0. The largest absolute Gasteiger partial charge is 0.481 e. The van der Waals surface area contributed by atoms with Gasteiger partial charge in [0.15, 0.2) is 11.6 Å². The lowest BCUT2D eigenvalue weighted by molar-refractivity contribution is 0.203. The average Bonchev–Trinajstić information content (AvgIpc) is 2.39. The van der Waals surface area contributed by atoms with E-state index in [0.717, 1.165) is 29.3 Å². The van der Waals surface area contributed by atoms with E-state index in [1.807, 2.05) is 31.2 Å². The lowest BCUT2D eigenvalue weighted by Gasteiger charge is -2.18. The van der Waals surface area contributed by atoms with Crippen LogP contribution in [0.4, 0.5) is 8.78 Å². The number of rotatable bonds is 4. The van der Waals surface area contributed by atoms with Crippen LogP contribution in [0.5, 0.6) is 5.75 Å². The van der Waals surface area contributed by atoms with E-state index in [4.69, 9.17) is 10.5 Å². The van der Waals surface area contributed by atoms with Crippen LogP contribution in [0, 0.1) is 18.6 Å². The summed E-state index contributed by atoms with van der Waals surface area (Å²) in [7, 11) is 0. The highest BCUT2D eigenvalue weighted by atomic mass is 19.1. The van der Waals surface area contributed by atoms with Crippen LogP contribution in [0.1, 0.15) is 17.2 Å². The Hall–Kier alpha value is -1.94. The summed E-state index contributed by atoms with van der Waals surface area (Å²) in [5.74, 6) is -1.28. The van der Waals surface area contributed by atoms with Crippen LogP contribution in [-0.2, 0) is 0 Å². The summed E-state index contributed by atoms with van der Waals surface area (Å²) in [6.07, 6.45) is -0.504. The molecule has 2 aromatic carbocycles. The molecular formula is C15H15F2NO. The molecule has 0 saturated carbocycles. The molecule has 2 nitrogen and oxygen atoms in total. The summed E-state index contributed by atoms with van der Waals surface area (Å²) < 4.78 is 32.1.